The van der Waals surface area contributed by atoms with Crippen LogP contribution in [0.3, 0.4) is 0 Å². The van der Waals surface area contributed by atoms with E-state index < -0.39 is 0 Å². The minimum Gasteiger partial charge on any atom is -0.288 e. The van der Waals surface area contributed by atoms with E-state index in [0.29, 0.717) is 11.1 Å². The Balaban J connectivity index is 1.43. The molecule has 0 spiro atoms. The van der Waals surface area contributed by atoms with E-state index >= 15 is 0 Å². The summed E-state index contributed by atoms with van der Waals surface area (Å²) in [7, 11) is 0. The van der Waals surface area contributed by atoms with Gasteiger partial charge in [-0.05, 0) is 24.5 Å². The van der Waals surface area contributed by atoms with Crippen molar-refractivity contribution in [2.24, 2.45) is 0 Å². The third-order valence-electron chi connectivity index (χ3n) is 5.90. The molecule has 0 bridgehead atoms. The molecular formula is C25H39NO2. The summed E-state index contributed by atoms with van der Waals surface area (Å²) in [6, 6.07) is 5.61. The van der Waals surface area contributed by atoms with Crippen LogP contribution < -0.4 is 5.32 Å². The topological polar surface area (TPSA) is 46.2 Å². The summed E-state index contributed by atoms with van der Waals surface area (Å²) in [5.74, 6) is -0.477. The molecule has 156 valence electrons. The summed E-state index contributed by atoms with van der Waals surface area (Å²) < 4.78 is 0. The Morgan fingerprint density at radius 2 is 1.14 bits per heavy atom. The molecule has 1 N–H and O–H groups in total. The Hall–Kier alpha value is -1.64. The summed E-state index contributed by atoms with van der Waals surface area (Å²) in [5.41, 5.74) is 2.18. The lowest BCUT2D eigenvalue weighted by molar-refractivity contribution is 0.0879. The number of fused-ring (bicyclic) bond motifs is 1. The van der Waals surface area contributed by atoms with Gasteiger partial charge in [0.2, 0.25) is 0 Å². The molecule has 3 nitrogen and oxygen atoms in total. The number of rotatable bonds is 16. The molecule has 1 aromatic carbocycles. The summed E-state index contributed by atoms with van der Waals surface area (Å²) in [5, 5.41) is 2.40. The van der Waals surface area contributed by atoms with Crippen molar-refractivity contribution < 1.29 is 9.59 Å². The maximum absolute atomic E-state index is 11.9. The summed E-state index contributed by atoms with van der Waals surface area (Å²) in [6.45, 7) is 2.28. The second-order valence-corrected chi connectivity index (χ2v) is 8.32. The van der Waals surface area contributed by atoms with E-state index in [9.17, 15) is 9.59 Å². The third-order valence-corrected chi connectivity index (χ3v) is 5.90. The first-order valence-corrected chi connectivity index (χ1v) is 11.7. The van der Waals surface area contributed by atoms with Crippen molar-refractivity contribution in [3.8, 4) is 0 Å². The molecule has 0 radical (unpaired) electrons. The van der Waals surface area contributed by atoms with Gasteiger partial charge in [-0.3, -0.25) is 14.9 Å². The van der Waals surface area contributed by atoms with Crippen LogP contribution in [0, 0.1) is 0 Å². The molecule has 0 aliphatic carbocycles. The van der Waals surface area contributed by atoms with E-state index in [4.69, 9.17) is 0 Å². The lowest BCUT2D eigenvalue weighted by atomic mass is 9.97. The highest BCUT2D eigenvalue weighted by atomic mass is 16.2. The van der Waals surface area contributed by atoms with Crippen molar-refractivity contribution in [1.29, 1.82) is 0 Å². The SMILES string of the molecule is CCCCCCCCCCCCCCCCCc1cccc2c1C(=O)NC2=O. The first-order valence-electron chi connectivity index (χ1n) is 11.7. The molecule has 1 aromatic rings. The van der Waals surface area contributed by atoms with Gasteiger partial charge in [0.25, 0.3) is 11.8 Å². The predicted molar refractivity (Wildman–Crippen MR) is 117 cm³/mol. The van der Waals surface area contributed by atoms with Crippen LogP contribution in [0.2, 0.25) is 0 Å². The number of hydrogen-bond donors (Lipinski definition) is 1. The van der Waals surface area contributed by atoms with Crippen LogP contribution in [0.1, 0.15) is 130 Å². The van der Waals surface area contributed by atoms with Crippen molar-refractivity contribution in [2.45, 2.75) is 110 Å². The summed E-state index contributed by atoms with van der Waals surface area (Å²) in [4.78, 5) is 23.6. The zero-order valence-electron chi connectivity index (χ0n) is 17.9. The Morgan fingerprint density at radius 1 is 0.643 bits per heavy atom. The largest absolute Gasteiger partial charge is 0.288 e. The highest BCUT2D eigenvalue weighted by molar-refractivity contribution is 6.22. The first kappa shape index (κ1) is 22.6. The molecule has 2 amide bonds. The zero-order valence-corrected chi connectivity index (χ0v) is 17.9. The van der Waals surface area contributed by atoms with Gasteiger partial charge in [-0.1, -0.05) is 109 Å². The lowest BCUT2D eigenvalue weighted by Gasteiger charge is -2.06. The van der Waals surface area contributed by atoms with E-state index in [1.54, 1.807) is 6.07 Å². The van der Waals surface area contributed by atoms with Crippen LogP contribution >= 0.6 is 0 Å². The van der Waals surface area contributed by atoms with Gasteiger partial charge in [-0.15, -0.1) is 0 Å². The standard InChI is InChI=1S/C25H39NO2/c1-2-3-4-5-6-7-8-9-10-11-12-13-14-15-16-18-21-19-17-20-22-23(21)25(28)26-24(22)27/h17,19-20H,2-16,18H2,1H3,(H,26,27,28). The number of unbranched alkanes of at least 4 members (excludes halogenated alkanes) is 14. The quantitative estimate of drug-likeness (QED) is 0.246. The summed E-state index contributed by atoms with van der Waals surface area (Å²) in [6.07, 6.45) is 21.2. The number of benzene rings is 1. The number of carbonyl (C=O) groups excluding carboxylic acids is 2. The van der Waals surface area contributed by atoms with E-state index in [0.717, 1.165) is 18.4 Å². The smallest absolute Gasteiger partial charge is 0.259 e. The molecule has 0 saturated carbocycles. The highest BCUT2D eigenvalue weighted by Crippen LogP contribution is 2.22. The van der Waals surface area contributed by atoms with Gasteiger partial charge in [-0.25, -0.2) is 0 Å². The highest BCUT2D eigenvalue weighted by Gasteiger charge is 2.28. The van der Waals surface area contributed by atoms with Crippen molar-refractivity contribution >= 4 is 11.8 Å². The minimum atomic E-state index is -0.252. The van der Waals surface area contributed by atoms with Crippen molar-refractivity contribution in [1.82, 2.24) is 5.32 Å². The number of aryl methyl sites for hydroxylation is 1. The maximum Gasteiger partial charge on any atom is 0.259 e. The Bertz CT molecular complexity index is 609. The van der Waals surface area contributed by atoms with Crippen LogP contribution in [-0.2, 0) is 6.42 Å². The normalized spacial score (nSPS) is 13.0. The molecule has 0 fully saturated rings. The molecule has 0 saturated heterocycles. The van der Waals surface area contributed by atoms with Gasteiger partial charge >= 0.3 is 0 Å². The van der Waals surface area contributed by atoms with Crippen LogP contribution in [0.25, 0.3) is 0 Å². The Morgan fingerprint density at radius 3 is 1.68 bits per heavy atom. The summed E-state index contributed by atoms with van der Waals surface area (Å²) >= 11 is 0. The predicted octanol–water partition coefficient (Wildman–Crippen LogP) is 6.98. The molecule has 0 aromatic heterocycles. The number of hydrogen-bond acceptors (Lipinski definition) is 2. The van der Waals surface area contributed by atoms with Gasteiger partial charge < -0.3 is 0 Å². The fourth-order valence-electron chi connectivity index (χ4n) is 4.19. The third kappa shape index (κ3) is 7.77. The Kier molecular flexibility index (Phi) is 10.9. The average Bonchev–Trinajstić information content (AvgIpc) is 2.99. The number of carbonyl (C=O) groups is 2. The van der Waals surface area contributed by atoms with Gasteiger partial charge in [0.15, 0.2) is 0 Å². The van der Waals surface area contributed by atoms with E-state index in [-0.39, 0.29) is 11.8 Å². The monoisotopic (exact) mass is 385 g/mol. The van der Waals surface area contributed by atoms with Gasteiger partial charge in [-0.2, -0.15) is 0 Å². The van der Waals surface area contributed by atoms with E-state index in [1.165, 1.54) is 89.9 Å². The molecule has 2 rings (SSSR count). The van der Waals surface area contributed by atoms with Gasteiger partial charge in [0.1, 0.15) is 0 Å². The molecule has 1 heterocycles. The second-order valence-electron chi connectivity index (χ2n) is 8.32. The average molecular weight is 386 g/mol. The van der Waals surface area contributed by atoms with Gasteiger partial charge in [0, 0.05) is 0 Å². The molecule has 0 unspecified atom stereocenters. The van der Waals surface area contributed by atoms with Crippen LogP contribution in [-0.4, -0.2) is 11.8 Å². The first-order chi connectivity index (χ1) is 13.7. The molecule has 1 aliphatic rings. The fraction of sp³-hybridized carbons (Fsp3) is 0.680. The molecule has 28 heavy (non-hydrogen) atoms. The van der Waals surface area contributed by atoms with Crippen molar-refractivity contribution in [3.63, 3.8) is 0 Å². The zero-order chi connectivity index (χ0) is 20.0. The van der Waals surface area contributed by atoms with E-state index in [2.05, 4.69) is 12.2 Å². The number of imide groups is 1. The number of nitrogens with one attached hydrogen (secondary N) is 1. The minimum absolute atomic E-state index is 0.225. The molecule has 1 aliphatic heterocycles. The van der Waals surface area contributed by atoms with Crippen molar-refractivity contribution in [3.05, 3.63) is 34.9 Å². The van der Waals surface area contributed by atoms with Crippen LogP contribution in [0.5, 0.6) is 0 Å². The second kappa shape index (κ2) is 13.5. The molecular weight excluding hydrogens is 346 g/mol. The Labute approximate surface area is 171 Å². The fourth-order valence-corrected chi connectivity index (χ4v) is 4.19. The number of amides is 2. The van der Waals surface area contributed by atoms with E-state index in [1.807, 2.05) is 12.1 Å². The maximum atomic E-state index is 11.9. The van der Waals surface area contributed by atoms with Crippen LogP contribution in [0.15, 0.2) is 18.2 Å². The van der Waals surface area contributed by atoms with Crippen molar-refractivity contribution in [2.75, 3.05) is 0 Å². The van der Waals surface area contributed by atoms with Gasteiger partial charge in [0.05, 0.1) is 11.1 Å². The lowest BCUT2D eigenvalue weighted by Crippen LogP contribution is -2.20. The molecule has 3 heteroatoms. The van der Waals surface area contributed by atoms with Crippen LogP contribution in [0.4, 0.5) is 0 Å². The molecule has 0 atom stereocenters.